The van der Waals surface area contributed by atoms with Gasteiger partial charge in [-0.05, 0) is 35.1 Å². The van der Waals surface area contributed by atoms with Crippen molar-refractivity contribution in [3.05, 3.63) is 78.4 Å². The van der Waals surface area contributed by atoms with Gasteiger partial charge in [-0.1, -0.05) is 61.4 Å². The van der Waals surface area contributed by atoms with Crippen molar-refractivity contribution >= 4 is 30.7 Å². The third-order valence-corrected chi connectivity index (χ3v) is 5.59. The molecule has 1 aromatic heterocycles. The Morgan fingerprint density at radius 1 is 1.07 bits per heavy atom. The molecule has 0 aliphatic heterocycles. The number of aromatic nitrogens is 2. The van der Waals surface area contributed by atoms with Gasteiger partial charge in [0.2, 0.25) is 5.91 Å². The molecule has 1 heterocycles. The maximum absolute atomic E-state index is 12.5. The number of nitrogens with zero attached hydrogens (tertiary/aromatic N) is 2. The molecule has 0 saturated heterocycles. The molecule has 0 spiro atoms. The van der Waals surface area contributed by atoms with Crippen molar-refractivity contribution in [2.45, 2.75) is 44.3 Å². The average Bonchev–Trinajstić information content (AvgIpc) is 3.39. The summed E-state index contributed by atoms with van der Waals surface area (Å²) in [5, 5.41) is 3.06. The minimum atomic E-state index is -0.691. The summed E-state index contributed by atoms with van der Waals surface area (Å²) in [4.78, 5) is 16.6. The van der Waals surface area contributed by atoms with Crippen molar-refractivity contribution in [1.29, 1.82) is 0 Å². The van der Waals surface area contributed by atoms with Crippen LogP contribution in [-0.2, 0) is 17.9 Å². The number of nitrogens with one attached hydrogen (secondary N) is 1. The Hall–Kier alpha value is -2.34. The molecule has 0 bridgehead atoms. The van der Waals surface area contributed by atoms with Crippen LogP contribution in [0.4, 0.5) is 0 Å². The van der Waals surface area contributed by atoms with Crippen LogP contribution < -0.4 is 11.1 Å². The number of nitrogens with two attached hydrogens (primary N) is 1. The zero-order valence-electron chi connectivity index (χ0n) is 16.8. The molecule has 1 aliphatic rings. The van der Waals surface area contributed by atoms with E-state index < -0.39 is 5.54 Å². The van der Waals surface area contributed by atoms with Crippen LogP contribution in [0.3, 0.4) is 0 Å². The van der Waals surface area contributed by atoms with Crippen molar-refractivity contribution in [3.63, 3.8) is 0 Å². The predicted octanol–water partition coefficient (Wildman–Crippen LogP) is 4.33. The van der Waals surface area contributed by atoms with Crippen molar-refractivity contribution in [3.8, 4) is 11.1 Å². The van der Waals surface area contributed by atoms with E-state index in [0.29, 0.717) is 6.54 Å². The summed E-state index contributed by atoms with van der Waals surface area (Å²) in [7, 11) is 0. The molecule has 2 aromatic carbocycles. The minimum Gasteiger partial charge on any atom is -0.350 e. The summed E-state index contributed by atoms with van der Waals surface area (Å²) in [5.74, 6) is -0.0320. The summed E-state index contributed by atoms with van der Waals surface area (Å²) in [6, 6.07) is 16.7. The Kier molecular flexibility index (Phi) is 8.47. The molecular weight excluding hydrogens is 419 g/mol. The quantitative estimate of drug-likeness (QED) is 0.591. The van der Waals surface area contributed by atoms with Crippen molar-refractivity contribution in [2.75, 3.05) is 0 Å². The molecule has 3 aromatic rings. The highest BCUT2D eigenvalue weighted by molar-refractivity contribution is 5.86. The molecule has 4 rings (SSSR count). The van der Waals surface area contributed by atoms with E-state index in [2.05, 4.69) is 46.7 Å². The van der Waals surface area contributed by atoms with Crippen LogP contribution in [-0.4, -0.2) is 21.0 Å². The first-order valence-electron chi connectivity index (χ1n) is 9.84. The number of hydrogen-bond donors (Lipinski definition) is 2. The van der Waals surface area contributed by atoms with Gasteiger partial charge in [0, 0.05) is 25.5 Å². The Labute approximate surface area is 189 Å². The molecule has 3 N–H and O–H groups in total. The number of hydrogen-bond acceptors (Lipinski definition) is 3. The fraction of sp³-hybridized carbons (Fsp3) is 0.304. The number of rotatable bonds is 6. The second kappa shape index (κ2) is 10.6. The molecule has 1 saturated carbocycles. The minimum absolute atomic E-state index is 0. The lowest BCUT2D eigenvalue weighted by Gasteiger charge is -2.22. The number of amides is 1. The smallest absolute Gasteiger partial charge is 0.240 e. The summed E-state index contributed by atoms with van der Waals surface area (Å²) < 4.78 is 2.05. The highest BCUT2D eigenvalue weighted by Gasteiger charge is 2.36. The van der Waals surface area contributed by atoms with Gasteiger partial charge in [-0.3, -0.25) is 4.79 Å². The topological polar surface area (TPSA) is 72.9 Å². The van der Waals surface area contributed by atoms with Gasteiger partial charge in [-0.25, -0.2) is 4.98 Å². The van der Waals surface area contributed by atoms with Crippen molar-refractivity contribution < 1.29 is 4.79 Å². The lowest BCUT2D eigenvalue weighted by atomic mass is 9.96. The Balaban J connectivity index is 0.00000160. The van der Waals surface area contributed by atoms with E-state index in [1.54, 1.807) is 6.20 Å². The van der Waals surface area contributed by atoms with Gasteiger partial charge in [0.15, 0.2) is 0 Å². The van der Waals surface area contributed by atoms with Gasteiger partial charge in [0.05, 0.1) is 11.9 Å². The van der Waals surface area contributed by atoms with Crippen LogP contribution in [0.2, 0.25) is 0 Å². The van der Waals surface area contributed by atoms with Crippen LogP contribution in [0.1, 0.15) is 36.8 Å². The van der Waals surface area contributed by atoms with E-state index in [4.69, 9.17) is 5.73 Å². The van der Waals surface area contributed by atoms with Gasteiger partial charge in [-0.2, -0.15) is 0 Å². The lowest BCUT2D eigenvalue weighted by molar-refractivity contribution is -0.126. The van der Waals surface area contributed by atoms with Gasteiger partial charge < -0.3 is 15.6 Å². The van der Waals surface area contributed by atoms with Gasteiger partial charge in [0.25, 0.3) is 0 Å². The summed E-state index contributed by atoms with van der Waals surface area (Å²) in [5.41, 5.74) is 10.2. The normalized spacial score (nSPS) is 14.4. The van der Waals surface area contributed by atoms with E-state index in [1.165, 1.54) is 5.56 Å². The van der Waals surface area contributed by atoms with Crippen LogP contribution >= 0.6 is 24.8 Å². The van der Waals surface area contributed by atoms with E-state index in [1.807, 2.05) is 29.2 Å². The summed E-state index contributed by atoms with van der Waals surface area (Å²) >= 11 is 0. The largest absolute Gasteiger partial charge is 0.350 e. The first-order valence-corrected chi connectivity index (χ1v) is 9.84. The molecule has 5 nitrogen and oxygen atoms in total. The lowest BCUT2D eigenvalue weighted by Crippen LogP contribution is -2.51. The van der Waals surface area contributed by atoms with Crippen LogP contribution in [0.25, 0.3) is 11.1 Å². The Morgan fingerprint density at radius 2 is 1.77 bits per heavy atom. The molecule has 1 fully saturated rings. The van der Waals surface area contributed by atoms with E-state index in [9.17, 15) is 4.79 Å². The van der Waals surface area contributed by atoms with Gasteiger partial charge >= 0.3 is 0 Å². The highest BCUT2D eigenvalue weighted by atomic mass is 35.5. The SMILES string of the molecule is Cl.Cl.NC1(C(=O)NCc2ccccc2-c2ccc(Cn3ccnc3)cc2)CCCC1. The number of carbonyl (C=O) groups is 1. The van der Waals surface area contributed by atoms with Crippen molar-refractivity contribution in [1.82, 2.24) is 14.9 Å². The molecule has 0 unspecified atom stereocenters. The first-order chi connectivity index (χ1) is 13.6. The number of halogens is 2. The average molecular weight is 447 g/mol. The summed E-state index contributed by atoms with van der Waals surface area (Å²) in [6.45, 7) is 1.29. The van der Waals surface area contributed by atoms with Gasteiger partial charge in [0.1, 0.15) is 0 Å². The first kappa shape index (κ1) is 23.9. The van der Waals surface area contributed by atoms with Crippen LogP contribution in [0.5, 0.6) is 0 Å². The standard InChI is InChI=1S/C23H26N4O.2ClH/c24-23(11-3-4-12-23)22(28)26-15-20-5-1-2-6-21(20)19-9-7-18(8-10-19)16-27-14-13-25-17-27;;/h1-2,5-10,13-14,17H,3-4,11-12,15-16,24H2,(H,26,28);2*1H. The molecule has 1 amide bonds. The predicted molar refractivity (Wildman–Crippen MR) is 125 cm³/mol. The van der Waals surface area contributed by atoms with E-state index in [0.717, 1.165) is 48.9 Å². The third kappa shape index (κ3) is 5.42. The Bertz CT molecular complexity index is 936. The monoisotopic (exact) mass is 446 g/mol. The molecule has 7 heteroatoms. The zero-order valence-corrected chi connectivity index (χ0v) is 18.4. The fourth-order valence-corrected chi connectivity index (χ4v) is 3.92. The fourth-order valence-electron chi connectivity index (χ4n) is 3.92. The highest BCUT2D eigenvalue weighted by Crippen LogP contribution is 2.28. The maximum atomic E-state index is 12.5. The molecular formula is C23H28Cl2N4O. The molecule has 30 heavy (non-hydrogen) atoms. The molecule has 0 atom stereocenters. The zero-order chi connectivity index (χ0) is 19.4. The van der Waals surface area contributed by atoms with E-state index >= 15 is 0 Å². The molecule has 0 radical (unpaired) electrons. The van der Waals surface area contributed by atoms with Crippen LogP contribution in [0, 0.1) is 0 Å². The van der Waals surface area contributed by atoms with Gasteiger partial charge in [-0.15, -0.1) is 24.8 Å². The number of carbonyl (C=O) groups excluding carboxylic acids is 1. The number of benzene rings is 2. The second-order valence-electron chi connectivity index (χ2n) is 7.64. The summed E-state index contributed by atoms with van der Waals surface area (Å²) in [6.07, 6.45) is 9.19. The molecule has 1 aliphatic carbocycles. The third-order valence-electron chi connectivity index (χ3n) is 5.59. The number of imidazole rings is 1. The maximum Gasteiger partial charge on any atom is 0.240 e. The molecule has 160 valence electrons. The second-order valence-corrected chi connectivity index (χ2v) is 7.64. The van der Waals surface area contributed by atoms with E-state index in [-0.39, 0.29) is 30.7 Å². The Morgan fingerprint density at radius 3 is 2.43 bits per heavy atom. The van der Waals surface area contributed by atoms with Crippen LogP contribution in [0.15, 0.2) is 67.3 Å². The van der Waals surface area contributed by atoms with Crippen molar-refractivity contribution in [2.24, 2.45) is 5.73 Å².